The summed E-state index contributed by atoms with van der Waals surface area (Å²) in [6.07, 6.45) is 4.37. The molecular formula is C11H16O4. The van der Waals surface area contributed by atoms with Crippen LogP contribution in [-0.4, -0.2) is 17.2 Å². The zero-order chi connectivity index (χ0) is 11.5. The summed E-state index contributed by atoms with van der Waals surface area (Å²) in [5, 5.41) is 9.40. The van der Waals surface area contributed by atoms with Gasteiger partial charge in [-0.2, -0.15) is 0 Å². The predicted octanol–water partition coefficient (Wildman–Crippen LogP) is 2.49. The number of aliphatic hydroxyl groups is 1. The third-order valence-corrected chi connectivity index (χ3v) is 1.98. The lowest BCUT2D eigenvalue weighted by molar-refractivity contribution is -0.354. The molecule has 15 heavy (non-hydrogen) atoms. The Balaban J connectivity index is 2.40. The first-order valence-corrected chi connectivity index (χ1v) is 4.87. The monoisotopic (exact) mass is 212 g/mol. The van der Waals surface area contributed by atoms with Crippen molar-refractivity contribution >= 4 is 6.16 Å². The van der Waals surface area contributed by atoms with Crippen molar-refractivity contribution in [2.75, 3.05) is 0 Å². The summed E-state index contributed by atoms with van der Waals surface area (Å²) in [5.41, 5.74) is 2.18. The quantitative estimate of drug-likeness (QED) is 0.574. The fraction of sp³-hybridized carbons (Fsp3) is 0.545. The van der Waals surface area contributed by atoms with Gasteiger partial charge in [-0.15, -0.1) is 0 Å². The summed E-state index contributed by atoms with van der Waals surface area (Å²) in [6, 6.07) is 0. The van der Waals surface area contributed by atoms with Crippen LogP contribution in [0.25, 0.3) is 0 Å². The van der Waals surface area contributed by atoms with Crippen LogP contribution in [0.15, 0.2) is 23.3 Å². The van der Waals surface area contributed by atoms with Crippen molar-refractivity contribution < 1.29 is 19.4 Å². The third kappa shape index (κ3) is 3.75. The van der Waals surface area contributed by atoms with Gasteiger partial charge in [-0.25, -0.2) is 4.79 Å². The van der Waals surface area contributed by atoms with Crippen LogP contribution in [0, 0.1) is 0 Å². The van der Waals surface area contributed by atoms with Gasteiger partial charge in [0.1, 0.15) is 0 Å². The highest BCUT2D eigenvalue weighted by Gasteiger charge is 2.45. The van der Waals surface area contributed by atoms with E-state index in [1.54, 1.807) is 0 Å². The van der Waals surface area contributed by atoms with Gasteiger partial charge in [0.25, 0.3) is 0 Å². The maximum absolute atomic E-state index is 10.4. The van der Waals surface area contributed by atoms with Crippen molar-refractivity contribution in [2.24, 2.45) is 0 Å². The number of ether oxygens (including phenoxy) is 2. The average molecular weight is 212 g/mol. The van der Waals surface area contributed by atoms with Crippen LogP contribution in [-0.2, 0) is 9.47 Å². The summed E-state index contributed by atoms with van der Waals surface area (Å²) in [4.78, 5) is 10.4. The topological polar surface area (TPSA) is 55.8 Å². The van der Waals surface area contributed by atoms with Crippen LogP contribution >= 0.6 is 0 Å². The molecule has 0 aromatic carbocycles. The van der Waals surface area contributed by atoms with Gasteiger partial charge in [-0.3, -0.25) is 0 Å². The second-order valence-corrected chi connectivity index (χ2v) is 3.90. The number of hydrogen-bond acceptors (Lipinski definition) is 4. The van der Waals surface area contributed by atoms with Crippen LogP contribution in [0.3, 0.4) is 0 Å². The number of cyclic esters (lactones) is 2. The van der Waals surface area contributed by atoms with Gasteiger partial charge in [0.15, 0.2) is 0 Å². The number of hydrogen-bond donors (Lipinski definition) is 1. The van der Waals surface area contributed by atoms with Crippen LogP contribution in [0.4, 0.5) is 4.79 Å². The Morgan fingerprint density at radius 1 is 1.40 bits per heavy atom. The van der Waals surface area contributed by atoms with Crippen molar-refractivity contribution in [1.29, 1.82) is 0 Å². The van der Waals surface area contributed by atoms with Gasteiger partial charge in [0.2, 0.25) is 0 Å². The first kappa shape index (κ1) is 11.8. The molecule has 0 aliphatic carbocycles. The van der Waals surface area contributed by atoms with E-state index in [1.165, 1.54) is 11.6 Å². The molecule has 0 saturated carbocycles. The highest BCUT2D eigenvalue weighted by molar-refractivity contribution is 5.65. The van der Waals surface area contributed by atoms with Crippen molar-refractivity contribution in [3.8, 4) is 0 Å². The Kier molecular flexibility index (Phi) is 3.52. The lowest BCUT2D eigenvalue weighted by Crippen LogP contribution is -2.48. The van der Waals surface area contributed by atoms with Gasteiger partial charge >= 0.3 is 12.1 Å². The smallest absolute Gasteiger partial charge is 0.362 e. The summed E-state index contributed by atoms with van der Waals surface area (Å²) >= 11 is 0. The fourth-order valence-electron chi connectivity index (χ4n) is 1.28. The van der Waals surface area contributed by atoms with Crippen LogP contribution in [0.2, 0.25) is 0 Å². The third-order valence-electron chi connectivity index (χ3n) is 1.98. The van der Waals surface area contributed by atoms with Crippen molar-refractivity contribution in [3.05, 3.63) is 23.3 Å². The molecule has 1 aliphatic heterocycles. The number of carbonyl (C=O) groups is 1. The molecule has 0 radical (unpaired) electrons. The van der Waals surface area contributed by atoms with Crippen molar-refractivity contribution in [1.82, 2.24) is 0 Å². The summed E-state index contributed by atoms with van der Waals surface area (Å²) in [6.45, 7) is 5.92. The average Bonchev–Trinajstić information content (AvgIpc) is 1.99. The van der Waals surface area contributed by atoms with Crippen LogP contribution < -0.4 is 0 Å². The van der Waals surface area contributed by atoms with Gasteiger partial charge in [0, 0.05) is 6.08 Å². The first-order valence-electron chi connectivity index (χ1n) is 4.87. The molecule has 84 valence electrons. The Labute approximate surface area is 89.2 Å². The van der Waals surface area contributed by atoms with Gasteiger partial charge in [-0.05, 0) is 33.6 Å². The molecule has 1 heterocycles. The van der Waals surface area contributed by atoms with Crippen molar-refractivity contribution in [2.45, 2.75) is 39.6 Å². The highest BCUT2D eigenvalue weighted by Crippen LogP contribution is 2.25. The zero-order valence-electron chi connectivity index (χ0n) is 9.24. The van der Waals surface area contributed by atoms with E-state index >= 15 is 0 Å². The van der Waals surface area contributed by atoms with Gasteiger partial charge < -0.3 is 14.6 Å². The maximum Gasteiger partial charge on any atom is 0.518 e. The van der Waals surface area contributed by atoms with Crippen LogP contribution in [0.5, 0.6) is 0 Å². The van der Waals surface area contributed by atoms with Crippen LogP contribution in [0.1, 0.15) is 33.6 Å². The van der Waals surface area contributed by atoms with E-state index in [-0.39, 0.29) is 0 Å². The second kappa shape index (κ2) is 4.49. The summed E-state index contributed by atoms with van der Waals surface area (Å²) in [5.74, 6) is -1.83. The first-order chi connectivity index (χ1) is 6.91. The van der Waals surface area contributed by atoms with E-state index in [0.717, 1.165) is 18.4 Å². The summed E-state index contributed by atoms with van der Waals surface area (Å²) in [7, 11) is 0. The Bertz CT molecular complexity index is 303. The Hall–Kier alpha value is -1.29. The summed E-state index contributed by atoms with van der Waals surface area (Å²) < 4.78 is 8.85. The molecule has 1 fully saturated rings. The van der Waals surface area contributed by atoms with E-state index in [2.05, 4.69) is 15.5 Å². The van der Waals surface area contributed by atoms with E-state index in [0.29, 0.717) is 0 Å². The SMILES string of the molecule is CC(C)=CCC/C(C)=C/C1(O)OC(=O)O1. The lowest BCUT2D eigenvalue weighted by Gasteiger charge is -2.31. The largest absolute Gasteiger partial charge is 0.518 e. The Morgan fingerprint density at radius 3 is 2.47 bits per heavy atom. The minimum absolute atomic E-state index is 0.800. The molecule has 0 spiro atoms. The molecule has 1 N–H and O–H groups in total. The minimum atomic E-state index is -1.83. The Morgan fingerprint density at radius 2 is 2.00 bits per heavy atom. The molecule has 0 unspecified atom stereocenters. The van der Waals surface area contributed by atoms with Gasteiger partial charge in [0.05, 0.1) is 0 Å². The van der Waals surface area contributed by atoms with Gasteiger partial charge in [-0.1, -0.05) is 17.2 Å². The fourth-order valence-corrected chi connectivity index (χ4v) is 1.28. The molecule has 4 nitrogen and oxygen atoms in total. The zero-order valence-corrected chi connectivity index (χ0v) is 9.24. The van der Waals surface area contributed by atoms with E-state index in [9.17, 15) is 9.90 Å². The number of allylic oxidation sites excluding steroid dienone is 3. The molecule has 0 bridgehead atoms. The van der Waals surface area contributed by atoms with E-state index in [4.69, 9.17) is 0 Å². The van der Waals surface area contributed by atoms with E-state index in [1.807, 2.05) is 20.8 Å². The molecule has 1 aliphatic rings. The molecule has 0 aromatic rings. The standard InChI is InChI=1S/C11H16O4/c1-8(2)5-4-6-9(3)7-11(13)14-10(12)15-11/h5,7,13H,4,6H2,1-3H3/b9-7+. The molecule has 0 amide bonds. The molecule has 1 saturated heterocycles. The molecule has 1 rings (SSSR count). The lowest BCUT2D eigenvalue weighted by atomic mass is 10.1. The molecule has 4 heteroatoms. The predicted molar refractivity (Wildman–Crippen MR) is 54.9 cm³/mol. The molecular weight excluding hydrogens is 196 g/mol. The molecule has 0 atom stereocenters. The second-order valence-electron chi connectivity index (χ2n) is 3.90. The maximum atomic E-state index is 10.4. The highest BCUT2D eigenvalue weighted by atomic mass is 17.0. The number of rotatable bonds is 4. The van der Waals surface area contributed by atoms with Crippen molar-refractivity contribution in [3.63, 3.8) is 0 Å². The number of carbonyl (C=O) groups excluding carboxylic acids is 1. The minimum Gasteiger partial charge on any atom is -0.362 e. The van der Waals surface area contributed by atoms with E-state index < -0.39 is 12.1 Å². The normalized spacial score (nSPS) is 18.7. The molecule has 0 aromatic heterocycles.